The molecule has 0 aliphatic heterocycles. The zero-order valence-corrected chi connectivity index (χ0v) is 14.1. The number of benzene rings is 3. The van der Waals surface area contributed by atoms with Crippen molar-refractivity contribution in [1.29, 1.82) is 0 Å². The van der Waals surface area contributed by atoms with Gasteiger partial charge in [0.25, 0.3) is 0 Å². The highest BCUT2D eigenvalue weighted by molar-refractivity contribution is 7.71. The molecule has 0 bridgehead atoms. The van der Waals surface area contributed by atoms with E-state index >= 15 is 0 Å². The minimum absolute atomic E-state index is 0.566. The van der Waals surface area contributed by atoms with Gasteiger partial charge in [-0.1, -0.05) is 66.2 Å². The predicted octanol–water partition coefficient (Wildman–Crippen LogP) is 5.73. The molecular weight excluding hydrogens is 312 g/mol. The third kappa shape index (κ3) is 2.53. The number of hydrogen-bond acceptors (Lipinski definition) is 2. The number of aromatic nitrogens is 2. The molecule has 0 saturated heterocycles. The molecule has 0 saturated carbocycles. The van der Waals surface area contributed by atoms with Crippen LogP contribution in [0.5, 0.6) is 0 Å². The fraction of sp³-hybridized carbons (Fsp3) is 0.0476. The Kier molecular flexibility index (Phi) is 3.71. The first-order valence-corrected chi connectivity index (χ1v) is 8.29. The third-order valence-electron chi connectivity index (χ3n) is 4.13. The molecule has 0 atom stereocenters. The van der Waals surface area contributed by atoms with Crippen LogP contribution in [0.4, 0.5) is 0 Å². The summed E-state index contributed by atoms with van der Waals surface area (Å²) in [6.07, 6.45) is 0. The van der Waals surface area contributed by atoms with Gasteiger partial charge in [0.1, 0.15) is 0 Å². The summed E-state index contributed by atoms with van der Waals surface area (Å²) in [6.45, 7) is 2.08. The smallest absolute Gasteiger partial charge is 0.205 e. The van der Waals surface area contributed by atoms with Crippen LogP contribution in [0.1, 0.15) is 5.56 Å². The summed E-state index contributed by atoms with van der Waals surface area (Å²) in [5.41, 5.74) is 5.38. The fourth-order valence-electron chi connectivity index (χ4n) is 2.95. The van der Waals surface area contributed by atoms with E-state index in [4.69, 9.17) is 12.2 Å². The standard InChI is InChI=1S/C21H16N2S/c1-15-11-13-17(14-12-15)23-20(16-7-3-2-4-8-16)18-9-5-6-10-19(18)22-21(23)24/h2-14H,1H3. The fourth-order valence-corrected chi connectivity index (χ4v) is 3.25. The molecule has 0 amide bonds. The maximum absolute atomic E-state index is 5.63. The van der Waals surface area contributed by atoms with Crippen LogP contribution in [-0.2, 0) is 0 Å². The second-order valence-corrected chi connectivity index (χ2v) is 6.16. The molecular formula is C21H16N2S. The van der Waals surface area contributed by atoms with Crippen molar-refractivity contribution in [3.8, 4) is 16.9 Å². The summed E-state index contributed by atoms with van der Waals surface area (Å²) >= 11 is 5.63. The molecule has 0 aliphatic rings. The number of hydrogen-bond donors (Lipinski definition) is 0. The molecule has 1 heterocycles. The zero-order chi connectivity index (χ0) is 16.5. The van der Waals surface area contributed by atoms with Gasteiger partial charge in [-0.05, 0) is 42.9 Å². The number of fused-ring (bicyclic) bond motifs is 1. The van der Waals surface area contributed by atoms with Gasteiger partial charge in [-0.25, -0.2) is 4.98 Å². The Morgan fingerprint density at radius 3 is 2.21 bits per heavy atom. The Bertz CT molecular complexity index is 1060. The van der Waals surface area contributed by atoms with Crippen LogP contribution < -0.4 is 0 Å². The lowest BCUT2D eigenvalue weighted by Gasteiger charge is -2.17. The summed E-state index contributed by atoms with van der Waals surface area (Å²) in [7, 11) is 0. The minimum atomic E-state index is 0.566. The molecule has 4 rings (SSSR count). The number of nitrogens with zero attached hydrogens (tertiary/aromatic N) is 2. The van der Waals surface area contributed by atoms with Crippen molar-refractivity contribution in [3.63, 3.8) is 0 Å². The Morgan fingerprint density at radius 2 is 1.46 bits per heavy atom. The summed E-state index contributed by atoms with van der Waals surface area (Å²) in [4.78, 5) is 4.64. The van der Waals surface area contributed by atoms with Gasteiger partial charge >= 0.3 is 0 Å². The Hall–Kier alpha value is -2.78. The average Bonchev–Trinajstić information content (AvgIpc) is 2.62. The quantitative estimate of drug-likeness (QED) is 0.437. The summed E-state index contributed by atoms with van der Waals surface area (Å²) in [5, 5.41) is 1.10. The predicted molar refractivity (Wildman–Crippen MR) is 102 cm³/mol. The van der Waals surface area contributed by atoms with E-state index in [0.29, 0.717) is 4.77 Å². The maximum atomic E-state index is 5.63. The second kappa shape index (κ2) is 6.02. The molecule has 2 nitrogen and oxygen atoms in total. The van der Waals surface area contributed by atoms with Crippen LogP contribution in [0.2, 0.25) is 0 Å². The zero-order valence-electron chi connectivity index (χ0n) is 13.3. The van der Waals surface area contributed by atoms with E-state index in [-0.39, 0.29) is 0 Å². The van der Waals surface area contributed by atoms with Crippen molar-refractivity contribution in [1.82, 2.24) is 9.55 Å². The van der Waals surface area contributed by atoms with E-state index in [9.17, 15) is 0 Å². The molecule has 1 aromatic heterocycles. The Morgan fingerprint density at radius 1 is 0.792 bits per heavy atom. The van der Waals surface area contributed by atoms with Gasteiger partial charge in [0.2, 0.25) is 4.77 Å². The number of rotatable bonds is 2. The molecule has 0 fully saturated rings. The molecule has 24 heavy (non-hydrogen) atoms. The largest absolute Gasteiger partial charge is 0.285 e. The molecule has 0 N–H and O–H groups in total. The van der Waals surface area contributed by atoms with E-state index < -0.39 is 0 Å². The number of aryl methyl sites for hydroxylation is 1. The SMILES string of the molecule is Cc1ccc(-n2c(-c3ccccc3)c3ccccc3nc2=S)cc1. The lowest BCUT2D eigenvalue weighted by atomic mass is 10.1. The summed E-state index contributed by atoms with van der Waals surface area (Å²) in [5.74, 6) is 0. The van der Waals surface area contributed by atoms with Crippen LogP contribution >= 0.6 is 12.2 Å². The van der Waals surface area contributed by atoms with Crippen LogP contribution in [0.3, 0.4) is 0 Å². The monoisotopic (exact) mass is 328 g/mol. The molecule has 0 aliphatic carbocycles. The van der Waals surface area contributed by atoms with Gasteiger partial charge < -0.3 is 0 Å². The van der Waals surface area contributed by atoms with Crippen LogP contribution in [0.25, 0.3) is 27.8 Å². The molecule has 0 radical (unpaired) electrons. The van der Waals surface area contributed by atoms with Crippen LogP contribution in [-0.4, -0.2) is 9.55 Å². The lowest BCUT2D eigenvalue weighted by Crippen LogP contribution is -2.05. The molecule has 3 heteroatoms. The topological polar surface area (TPSA) is 17.8 Å². The van der Waals surface area contributed by atoms with Gasteiger partial charge in [-0.15, -0.1) is 0 Å². The molecule has 0 spiro atoms. The maximum Gasteiger partial charge on any atom is 0.205 e. The van der Waals surface area contributed by atoms with Crippen LogP contribution in [0, 0.1) is 11.7 Å². The minimum Gasteiger partial charge on any atom is -0.285 e. The second-order valence-electron chi connectivity index (χ2n) is 5.80. The van der Waals surface area contributed by atoms with Gasteiger partial charge in [-0.3, -0.25) is 4.57 Å². The van der Waals surface area contributed by atoms with Crippen LogP contribution in [0.15, 0.2) is 78.9 Å². The normalized spacial score (nSPS) is 10.9. The first kappa shape index (κ1) is 14.8. The highest BCUT2D eigenvalue weighted by Gasteiger charge is 2.12. The average molecular weight is 328 g/mol. The summed E-state index contributed by atoms with van der Waals surface area (Å²) in [6, 6.07) is 26.9. The number of para-hydroxylation sites is 1. The van der Waals surface area contributed by atoms with Gasteiger partial charge in [0.15, 0.2) is 0 Å². The first-order chi connectivity index (χ1) is 11.7. The van der Waals surface area contributed by atoms with E-state index in [1.807, 2.05) is 36.4 Å². The highest BCUT2D eigenvalue weighted by atomic mass is 32.1. The highest BCUT2D eigenvalue weighted by Crippen LogP contribution is 2.30. The Labute approximate surface area is 146 Å². The van der Waals surface area contributed by atoms with Gasteiger partial charge in [0, 0.05) is 11.1 Å². The van der Waals surface area contributed by atoms with E-state index in [0.717, 1.165) is 27.8 Å². The Balaban J connectivity index is 2.14. The van der Waals surface area contributed by atoms with Crippen molar-refractivity contribution in [2.45, 2.75) is 6.92 Å². The molecule has 3 aromatic carbocycles. The van der Waals surface area contributed by atoms with E-state index in [1.165, 1.54) is 5.56 Å². The third-order valence-corrected chi connectivity index (χ3v) is 4.40. The van der Waals surface area contributed by atoms with E-state index in [1.54, 1.807) is 0 Å². The van der Waals surface area contributed by atoms with Gasteiger partial charge in [0.05, 0.1) is 11.2 Å². The van der Waals surface area contributed by atoms with E-state index in [2.05, 4.69) is 58.9 Å². The van der Waals surface area contributed by atoms with Crippen molar-refractivity contribution >= 4 is 23.1 Å². The molecule has 116 valence electrons. The van der Waals surface area contributed by atoms with Gasteiger partial charge in [-0.2, -0.15) is 0 Å². The first-order valence-electron chi connectivity index (χ1n) is 7.88. The molecule has 4 aromatic rings. The van der Waals surface area contributed by atoms with Crippen molar-refractivity contribution in [2.24, 2.45) is 0 Å². The molecule has 0 unspecified atom stereocenters. The van der Waals surface area contributed by atoms with Crippen molar-refractivity contribution < 1.29 is 0 Å². The summed E-state index contributed by atoms with van der Waals surface area (Å²) < 4.78 is 2.63. The van der Waals surface area contributed by atoms with Crippen molar-refractivity contribution in [3.05, 3.63) is 89.2 Å². The van der Waals surface area contributed by atoms with Crippen molar-refractivity contribution in [2.75, 3.05) is 0 Å². The lowest BCUT2D eigenvalue weighted by molar-refractivity contribution is 0.989.